The van der Waals surface area contributed by atoms with Crippen molar-refractivity contribution in [2.24, 2.45) is 17.3 Å². The number of rotatable bonds is 10. The number of hydrogen-bond donors (Lipinski definition) is 2. The molecule has 0 radical (unpaired) electrons. The SMILES string of the molecule is CN(C)c1ccc(N=Nc2n(CCCCCNC(=O)OC(C)(C)C)cc[n+]2C)cc1.COS(=O)(=O)O. The summed E-state index contributed by atoms with van der Waals surface area (Å²) in [6.07, 6.45) is 6.53. The molecule has 0 aliphatic rings. The van der Waals surface area contributed by atoms with E-state index in [1.165, 1.54) is 0 Å². The van der Waals surface area contributed by atoms with Crippen molar-refractivity contribution >= 4 is 33.8 Å². The van der Waals surface area contributed by atoms with E-state index in [1.807, 2.05) is 83.1 Å². The summed E-state index contributed by atoms with van der Waals surface area (Å²) in [6.45, 7) is 7.04. The Labute approximate surface area is 213 Å². The number of anilines is 1. The number of azo groups is 1. The third kappa shape index (κ3) is 13.2. The first-order valence-electron chi connectivity index (χ1n) is 11.5. The molecule has 0 aliphatic heterocycles. The minimum atomic E-state index is -4.16. The van der Waals surface area contributed by atoms with Crippen LogP contribution < -0.4 is 14.8 Å². The number of carbonyl (C=O) groups is 1. The number of hydrogen-bond acceptors (Lipinski definition) is 8. The predicted octanol–water partition coefficient (Wildman–Crippen LogP) is 3.92. The van der Waals surface area contributed by atoms with Crippen LogP contribution >= 0.6 is 0 Å². The number of amides is 1. The molecule has 0 unspecified atom stereocenters. The second kappa shape index (κ2) is 14.5. The number of aromatic nitrogens is 2. The van der Waals surface area contributed by atoms with Gasteiger partial charge in [-0.25, -0.2) is 13.9 Å². The summed E-state index contributed by atoms with van der Waals surface area (Å²) in [5.41, 5.74) is 1.48. The molecule has 36 heavy (non-hydrogen) atoms. The van der Waals surface area contributed by atoms with Crippen molar-refractivity contribution in [1.82, 2.24) is 9.88 Å². The maximum Gasteiger partial charge on any atom is 0.421 e. The third-order valence-electron chi connectivity index (χ3n) is 4.62. The Hall–Kier alpha value is -3.03. The van der Waals surface area contributed by atoms with Gasteiger partial charge in [0.15, 0.2) is 0 Å². The molecule has 202 valence electrons. The van der Waals surface area contributed by atoms with E-state index < -0.39 is 16.0 Å². The molecular weight excluding hydrogens is 488 g/mol. The van der Waals surface area contributed by atoms with Gasteiger partial charge in [0.2, 0.25) is 0 Å². The van der Waals surface area contributed by atoms with E-state index in [0.717, 1.165) is 50.2 Å². The first-order chi connectivity index (χ1) is 16.7. The Morgan fingerprint density at radius 3 is 2.28 bits per heavy atom. The molecule has 1 heterocycles. The van der Waals surface area contributed by atoms with Crippen LogP contribution in [0.15, 0.2) is 46.9 Å². The summed E-state index contributed by atoms with van der Waals surface area (Å²) in [7, 11) is 2.69. The average Bonchev–Trinajstić information content (AvgIpc) is 3.13. The maximum absolute atomic E-state index is 11.6. The van der Waals surface area contributed by atoms with Crippen LogP contribution in [0.1, 0.15) is 40.0 Å². The van der Waals surface area contributed by atoms with Gasteiger partial charge in [-0.2, -0.15) is 8.42 Å². The van der Waals surface area contributed by atoms with Crippen molar-refractivity contribution in [3.05, 3.63) is 36.7 Å². The summed E-state index contributed by atoms with van der Waals surface area (Å²) >= 11 is 0. The number of benzene rings is 1. The standard InChI is InChI=1S/C22H34N6O2.CH4O4S/c1-22(2,3)30-21(29)23-14-8-7-9-15-28-17-16-27(6)20(28)25-24-18-10-12-19(13-11-18)26(4)5;1-5-6(2,3)4/h10-13,16-17H,7-9,14-15H2,1-6H3;1H3,(H,2,3,4)/p+1. The van der Waals surface area contributed by atoms with Gasteiger partial charge in [-0.05, 0) is 64.3 Å². The lowest BCUT2D eigenvalue weighted by molar-refractivity contribution is -0.657. The Kier molecular flexibility index (Phi) is 12.5. The van der Waals surface area contributed by atoms with Gasteiger partial charge >= 0.3 is 22.4 Å². The molecule has 1 amide bonds. The number of nitrogens with one attached hydrogen (secondary N) is 1. The van der Waals surface area contributed by atoms with Crippen molar-refractivity contribution in [3.63, 3.8) is 0 Å². The smallest absolute Gasteiger partial charge is 0.421 e. The molecule has 0 atom stereocenters. The van der Waals surface area contributed by atoms with Gasteiger partial charge in [0.25, 0.3) is 0 Å². The van der Waals surface area contributed by atoms with Crippen molar-refractivity contribution in [1.29, 1.82) is 0 Å². The van der Waals surface area contributed by atoms with Gasteiger partial charge < -0.3 is 15.0 Å². The van der Waals surface area contributed by atoms with Gasteiger partial charge in [-0.1, -0.05) is 5.11 Å². The molecule has 13 heteroatoms. The Balaban J connectivity index is 0.000000960. The fraction of sp³-hybridized carbons (Fsp3) is 0.565. The van der Waals surface area contributed by atoms with E-state index >= 15 is 0 Å². The molecule has 0 saturated carbocycles. The summed E-state index contributed by atoms with van der Waals surface area (Å²) in [6, 6.07) is 7.98. The Morgan fingerprint density at radius 2 is 1.75 bits per heavy atom. The topological polar surface area (TPSA) is 139 Å². The van der Waals surface area contributed by atoms with Crippen LogP contribution in [0.3, 0.4) is 0 Å². The summed E-state index contributed by atoms with van der Waals surface area (Å²) in [5.74, 6) is 0.804. The molecule has 1 aromatic heterocycles. The van der Waals surface area contributed by atoms with Crippen LogP contribution in [-0.4, -0.2) is 57.0 Å². The minimum Gasteiger partial charge on any atom is -0.444 e. The van der Waals surface area contributed by atoms with Crippen molar-refractivity contribution in [2.75, 3.05) is 32.6 Å². The molecule has 1 aromatic carbocycles. The average molecular weight is 528 g/mol. The minimum absolute atomic E-state index is 0.360. The van der Waals surface area contributed by atoms with Crippen LogP contribution in [0.5, 0.6) is 0 Å². The zero-order valence-electron chi connectivity index (χ0n) is 22.1. The number of alkyl carbamates (subject to hydrolysis) is 1. The predicted molar refractivity (Wildman–Crippen MR) is 137 cm³/mol. The highest BCUT2D eigenvalue weighted by molar-refractivity contribution is 7.80. The lowest BCUT2D eigenvalue weighted by Gasteiger charge is -2.19. The van der Waals surface area contributed by atoms with E-state index in [0.29, 0.717) is 6.54 Å². The number of ether oxygens (including phenoxy) is 1. The fourth-order valence-electron chi connectivity index (χ4n) is 2.83. The highest BCUT2D eigenvalue weighted by Gasteiger charge is 2.16. The van der Waals surface area contributed by atoms with Gasteiger partial charge in [-0.3, -0.25) is 8.74 Å². The van der Waals surface area contributed by atoms with Gasteiger partial charge in [0, 0.05) is 31.4 Å². The first-order valence-corrected chi connectivity index (χ1v) is 12.8. The molecule has 0 spiro atoms. The Morgan fingerprint density at radius 1 is 1.14 bits per heavy atom. The van der Waals surface area contributed by atoms with Crippen LogP contribution in [-0.2, 0) is 32.9 Å². The number of imidazole rings is 1. The molecule has 0 aliphatic carbocycles. The number of carbonyl (C=O) groups excluding carboxylic acids is 1. The van der Waals surface area contributed by atoms with Crippen molar-refractivity contribution in [3.8, 4) is 0 Å². The molecule has 2 rings (SSSR count). The molecule has 0 saturated heterocycles. The normalized spacial score (nSPS) is 11.7. The zero-order valence-corrected chi connectivity index (χ0v) is 22.9. The second-order valence-corrected chi connectivity index (χ2v) is 10.3. The highest BCUT2D eigenvalue weighted by Crippen LogP contribution is 2.20. The van der Waals surface area contributed by atoms with E-state index in [4.69, 9.17) is 9.29 Å². The van der Waals surface area contributed by atoms with Crippen LogP contribution in [0.25, 0.3) is 0 Å². The van der Waals surface area contributed by atoms with Gasteiger partial charge in [0.1, 0.15) is 11.3 Å². The van der Waals surface area contributed by atoms with Gasteiger partial charge in [-0.15, -0.1) is 0 Å². The summed E-state index contributed by atoms with van der Waals surface area (Å²) in [5, 5.41) is 11.6. The van der Waals surface area contributed by atoms with Crippen LogP contribution in [0, 0.1) is 0 Å². The molecule has 0 bridgehead atoms. The van der Waals surface area contributed by atoms with Crippen molar-refractivity contribution < 1.29 is 31.3 Å². The van der Waals surface area contributed by atoms with E-state index in [-0.39, 0.29) is 6.09 Å². The lowest BCUT2D eigenvalue weighted by Crippen LogP contribution is -2.33. The molecule has 0 fully saturated rings. The lowest BCUT2D eigenvalue weighted by atomic mass is 10.2. The van der Waals surface area contributed by atoms with Crippen LogP contribution in [0.4, 0.5) is 22.1 Å². The second-order valence-electron chi connectivity index (χ2n) is 9.10. The van der Waals surface area contributed by atoms with Crippen LogP contribution in [0.2, 0.25) is 0 Å². The number of nitrogens with zero attached hydrogens (tertiary/aromatic N) is 5. The third-order valence-corrected chi connectivity index (χ3v) is 5.04. The monoisotopic (exact) mass is 527 g/mol. The number of aryl methyl sites for hydroxylation is 2. The summed E-state index contributed by atoms with van der Waals surface area (Å²) < 4.78 is 39.0. The van der Waals surface area contributed by atoms with E-state index in [2.05, 4.69) is 29.2 Å². The van der Waals surface area contributed by atoms with E-state index in [9.17, 15) is 13.2 Å². The van der Waals surface area contributed by atoms with Gasteiger partial charge in [0.05, 0.1) is 33.1 Å². The van der Waals surface area contributed by atoms with E-state index in [1.54, 1.807) is 0 Å². The van der Waals surface area contributed by atoms with Crippen molar-refractivity contribution in [2.45, 2.75) is 52.2 Å². The largest absolute Gasteiger partial charge is 0.444 e. The molecular formula is C23H39N6O6S+. The maximum atomic E-state index is 11.6. The molecule has 12 nitrogen and oxygen atoms in total. The highest BCUT2D eigenvalue weighted by atomic mass is 32.3. The quantitative estimate of drug-likeness (QED) is 0.207. The number of unbranched alkanes of at least 4 members (excludes halogenated alkanes) is 2. The first kappa shape index (κ1) is 31.0. The summed E-state index contributed by atoms with van der Waals surface area (Å²) in [4.78, 5) is 13.7. The zero-order chi connectivity index (χ0) is 27.4. The Bertz CT molecular complexity index is 1080. The molecule has 2 N–H and O–H groups in total. The molecule has 2 aromatic rings. The fourth-order valence-corrected chi connectivity index (χ4v) is 2.83.